The lowest BCUT2D eigenvalue weighted by molar-refractivity contribution is 0.420. The molecule has 1 aromatic heterocycles. The molecule has 4 aromatic rings. The van der Waals surface area contributed by atoms with E-state index in [-0.39, 0.29) is 16.6 Å². The van der Waals surface area contributed by atoms with Crippen molar-refractivity contribution < 1.29 is 5.11 Å². The Balaban J connectivity index is 2.01. The summed E-state index contributed by atoms with van der Waals surface area (Å²) in [5.41, 5.74) is 4.29. The highest BCUT2D eigenvalue weighted by atomic mass is 16.3. The summed E-state index contributed by atoms with van der Waals surface area (Å²) in [5, 5.41) is 23.1. The van der Waals surface area contributed by atoms with Gasteiger partial charge < -0.3 is 5.11 Å². The minimum Gasteiger partial charge on any atom is -0.505 e. The summed E-state index contributed by atoms with van der Waals surface area (Å²) in [6.45, 7) is 13.2. The monoisotopic (exact) mass is 401 g/mol. The average molecular weight is 402 g/mol. The average Bonchev–Trinajstić information content (AvgIpc) is 3.18. The Morgan fingerprint density at radius 3 is 2.27 bits per heavy atom. The predicted octanol–water partition coefficient (Wildman–Crippen LogP) is 6.65. The number of hydrogen-bond acceptors (Lipinski definition) is 3. The largest absolute Gasteiger partial charge is 0.505 e. The van der Waals surface area contributed by atoms with Crippen LogP contribution >= 0.6 is 0 Å². The highest BCUT2D eigenvalue weighted by molar-refractivity contribution is 6.03. The van der Waals surface area contributed by atoms with Crippen molar-refractivity contribution in [3.63, 3.8) is 0 Å². The predicted molar refractivity (Wildman–Crippen MR) is 125 cm³/mol. The van der Waals surface area contributed by atoms with Crippen molar-refractivity contribution in [2.45, 2.75) is 65.2 Å². The second-order valence-electron chi connectivity index (χ2n) is 9.51. The molecule has 0 spiro atoms. The lowest BCUT2D eigenvalue weighted by Crippen LogP contribution is -2.21. The van der Waals surface area contributed by atoms with Crippen molar-refractivity contribution in [3.8, 4) is 11.4 Å². The van der Waals surface area contributed by atoms with Gasteiger partial charge in [-0.1, -0.05) is 77.9 Å². The first kappa shape index (κ1) is 20.4. The Labute approximate surface area is 178 Å². The molecule has 4 nitrogen and oxygen atoms in total. The molecule has 0 saturated carbocycles. The van der Waals surface area contributed by atoms with Crippen molar-refractivity contribution in [2.24, 2.45) is 0 Å². The van der Waals surface area contributed by atoms with Gasteiger partial charge in [-0.3, -0.25) is 0 Å². The molecular formula is C26H31N3O. The van der Waals surface area contributed by atoms with Crippen LogP contribution in [0.3, 0.4) is 0 Å². The maximum absolute atomic E-state index is 11.3. The molecule has 0 radical (unpaired) electrons. The van der Waals surface area contributed by atoms with Gasteiger partial charge in [-0.2, -0.15) is 0 Å². The van der Waals surface area contributed by atoms with Gasteiger partial charge in [0, 0.05) is 10.9 Å². The fourth-order valence-corrected chi connectivity index (χ4v) is 3.83. The number of aromatic hydroxyl groups is 1. The minimum absolute atomic E-state index is 0.0136. The van der Waals surface area contributed by atoms with Crippen LogP contribution in [0.1, 0.15) is 65.5 Å². The summed E-state index contributed by atoms with van der Waals surface area (Å²) in [7, 11) is 0. The van der Waals surface area contributed by atoms with Crippen molar-refractivity contribution in [1.29, 1.82) is 0 Å². The molecule has 0 aliphatic carbocycles. The van der Waals surface area contributed by atoms with Gasteiger partial charge >= 0.3 is 0 Å². The summed E-state index contributed by atoms with van der Waals surface area (Å²) in [5.74, 6) is 0.266. The summed E-state index contributed by atoms with van der Waals surface area (Å²) in [4.78, 5) is 1.61. The quantitative estimate of drug-likeness (QED) is 0.407. The zero-order valence-corrected chi connectivity index (χ0v) is 18.8. The Hall–Kier alpha value is -2.88. The standard InChI is InChI=1S/C26H31N3O/c1-7-25(3,4)18-15-20(26(5,6)8-2)24(30)22(16-18)29-27-21-14-13-17-11-9-10-12-19(17)23(21)28-29/h9-16,30H,7-8H2,1-6H3. The third kappa shape index (κ3) is 3.24. The van der Waals surface area contributed by atoms with Crippen molar-refractivity contribution >= 4 is 21.8 Å². The SMILES string of the molecule is CCC(C)(C)c1cc(-n2nc3ccc4ccccc4c3n2)c(O)c(C(C)(C)CC)c1. The topological polar surface area (TPSA) is 50.9 Å². The minimum atomic E-state index is -0.155. The molecule has 0 saturated heterocycles. The van der Waals surface area contributed by atoms with E-state index in [4.69, 9.17) is 10.2 Å². The number of hydrogen-bond donors (Lipinski definition) is 1. The number of phenols is 1. The molecule has 4 rings (SSSR count). The van der Waals surface area contributed by atoms with Crippen LogP contribution in [-0.4, -0.2) is 20.1 Å². The van der Waals surface area contributed by atoms with Crippen molar-refractivity contribution in [3.05, 3.63) is 59.7 Å². The molecule has 0 amide bonds. The number of phenolic OH excluding ortho intramolecular Hbond substituents is 1. The highest BCUT2D eigenvalue weighted by Gasteiger charge is 2.29. The van der Waals surface area contributed by atoms with Gasteiger partial charge in [-0.15, -0.1) is 15.0 Å². The van der Waals surface area contributed by atoms with Crippen molar-refractivity contribution in [1.82, 2.24) is 15.0 Å². The molecule has 0 unspecified atom stereocenters. The summed E-state index contributed by atoms with van der Waals surface area (Å²) >= 11 is 0. The number of benzene rings is 3. The Kier molecular flexibility index (Phi) is 4.84. The summed E-state index contributed by atoms with van der Waals surface area (Å²) in [6.07, 6.45) is 1.93. The zero-order valence-electron chi connectivity index (χ0n) is 18.8. The van der Waals surface area contributed by atoms with Gasteiger partial charge in [-0.05, 0) is 46.8 Å². The third-order valence-electron chi connectivity index (χ3n) is 6.86. The lowest BCUT2D eigenvalue weighted by atomic mass is 9.76. The fourth-order valence-electron chi connectivity index (χ4n) is 3.83. The van der Waals surface area contributed by atoms with E-state index in [2.05, 4.69) is 71.9 Å². The van der Waals surface area contributed by atoms with Crippen LogP contribution in [0, 0.1) is 0 Å². The smallest absolute Gasteiger partial charge is 0.146 e. The first-order valence-corrected chi connectivity index (χ1v) is 10.8. The molecule has 4 heteroatoms. The van der Waals surface area contributed by atoms with Gasteiger partial charge in [0.05, 0.1) is 0 Å². The van der Waals surface area contributed by atoms with E-state index in [9.17, 15) is 5.11 Å². The third-order valence-corrected chi connectivity index (χ3v) is 6.86. The van der Waals surface area contributed by atoms with Crippen molar-refractivity contribution in [2.75, 3.05) is 0 Å². The lowest BCUT2D eigenvalue weighted by Gasteiger charge is -2.30. The zero-order chi connectivity index (χ0) is 21.7. The van der Waals surface area contributed by atoms with Gasteiger partial charge in [0.25, 0.3) is 0 Å². The second-order valence-corrected chi connectivity index (χ2v) is 9.51. The molecule has 30 heavy (non-hydrogen) atoms. The molecule has 0 bridgehead atoms. The first-order chi connectivity index (χ1) is 14.2. The number of aromatic nitrogens is 3. The number of nitrogens with zero attached hydrogens (tertiary/aromatic N) is 3. The number of rotatable bonds is 5. The maximum Gasteiger partial charge on any atom is 0.146 e. The van der Waals surface area contributed by atoms with Crippen LogP contribution in [0.2, 0.25) is 0 Å². The van der Waals surface area contributed by atoms with Crippen LogP contribution in [0.15, 0.2) is 48.5 Å². The Bertz CT molecular complexity index is 1230. The van der Waals surface area contributed by atoms with E-state index in [0.29, 0.717) is 5.69 Å². The van der Waals surface area contributed by atoms with E-state index in [1.54, 1.807) is 4.80 Å². The summed E-state index contributed by atoms with van der Waals surface area (Å²) < 4.78 is 0. The van der Waals surface area contributed by atoms with E-state index in [1.165, 1.54) is 5.56 Å². The molecular weight excluding hydrogens is 370 g/mol. The Morgan fingerprint density at radius 1 is 0.867 bits per heavy atom. The van der Waals surface area contributed by atoms with E-state index in [1.807, 2.05) is 18.2 Å². The van der Waals surface area contributed by atoms with E-state index >= 15 is 0 Å². The molecule has 1 heterocycles. The second kappa shape index (κ2) is 7.12. The number of fused-ring (bicyclic) bond motifs is 3. The summed E-state index contributed by atoms with van der Waals surface area (Å²) in [6, 6.07) is 16.5. The fraction of sp³-hybridized carbons (Fsp3) is 0.385. The van der Waals surface area contributed by atoms with Crippen LogP contribution in [-0.2, 0) is 10.8 Å². The van der Waals surface area contributed by atoms with Crippen LogP contribution in [0.25, 0.3) is 27.5 Å². The normalized spacial score (nSPS) is 12.7. The molecule has 0 fully saturated rings. The van der Waals surface area contributed by atoms with Crippen LogP contribution < -0.4 is 0 Å². The van der Waals surface area contributed by atoms with Gasteiger partial charge in [0.2, 0.25) is 0 Å². The van der Waals surface area contributed by atoms with E-state index < -0.39 is 0 Å². The molecule has 0 aliphatic rings. The highest BCUT2D eigenvalue weighted by Crippen LogP contribution is 2.41. The molecule has 156 valence electrons. The Morgan fingerprint density at radius 2 is 1.57 bits per heavy atom. The van der Waals surface area contributed by atoms with Gasteiger partial charge in [0.1, 0.15) is 22.5 Å². The van der Waals surface area contributed by atoms with Crippen LogP contribution in [0.5, 0.6) is 5.75 Å². The maximum atomic E-state index is 11.3. The molecule has 0 atom stereocenters. The van der Waals surface area contributed by atoms with Gasteiger partial charge in [0.15, 0.2) is 0 Å². The van der Waals surface area contributed by atoms with Gasteiger partial charge in [-0.25, -0.2) is 0 Å². The molecule has 0 aliphatic heterocycles. The molecule has 1 N–H and O–H groups in total. The van der Waals surface area contributed by atoms with E-state index in [0.717, 1.165) is 40.2 Å². The van der Waals surface area contributed by atoms with Crippen LogP contribution in [0.4, 0.5) is 0 Å². The first-order valence-electron chi connectivity index (χ1n) is 10.8. The molecule has 3 aromatic carbocycles.